The molecule has 1 aliphatic heterocycles. The molecule has 1 heterocycles. The largest absolute Gasteiger partial charge is 0.353 e. The molecule has 3 heteroatoms. The van der Waals surface area contributed by atoms with Crippen LogP contribution in [0.5, 0.6) is 0 Å². The van der Waals surface area contributed by atoms with Crippen molar-refractivity contribution in [1.82, 2.24) is 0 Å². The van der Waals surface area contributed by atoms with Crippen LogP contribution >= 0.6 is 0 Å². The van der Waals surface area contributed by atoms with Gasteiger partial charge in [0.25, 0.3) is 0 Å². The van der Waals surface area contributed by atoms with Gasteiger partial charge in [-0.15, -0.1) is 0 Å². The summed E-state index contributed by atoms with van der Waals surface area (Å²) in [6, 6.07) is 0. The van der Waals surface area contributed by atoms with E-state index in [1.165, 1.54) is 12.8 Å². The predicted octanol–water partition coefficient (Wildman–Crippen LogP) is 3.63. The predicted molar refractivity (Wildman–Crippen MR) is 72.4 cm³/mol. The molecule has 0 spiro atoms. The van der Waals surface area contributed by atoms with E-state index in [0.717, 1.165) is 45.3 Å². The van der Waals surface area contributed by atoms with E-state index in [-0.39, 0.29) is 12.1 Å². The summed E-state index contributed by atoms with van der Waals surface area (Å²) in [5, 5.41) is 0. The number of rotatable bonds is 9. The molecule has 1 saturated heterocycles. The first-order valence-corrected chi connectivity index (χ1v) is 7.16. The zero-order chi connectivity index (χ0) is 13.1. The highest BCUT2D eigenvalue weighted by atomic mass is 16.7. The van der Waals surface area contributed by atoms with Crippen LogP contribution in [0.3, 0.4) is 0 Å². The van der Waals surface area contributed by atoms with E-state index in [9.17, 15) is 4.79 Å². The molecule has 1 fully saturated rings. The molecule has 18 heavy (non-hydrogen) atoms. The Hall–Kier alpha value is -0.670. The number of ketones is 1. The summed E-state index contributed by atoms with van der Waals surface area (Å²) in [4.78, 5) is 10.7. The van der Waals surface area contributed by atoms with Gasteiger partial charge in [-0.05, 0) is 51.9 Å². The Morgan fingerprint density at radius 3 is 2.83 bits per heavy atom. The van der Waals surface area contributed by atoms with Gasteiger partial charge in [-0.25, -0.2) is 0 Å². The fraction of sp³-hybridized carbons (Fsp3) is 0.800. The van der Waals surface area contributed by atoms with Gasteiger partial charge in [0.1, 0.15) is 5.78 Å². The minimum atomic E-state index is 0.0462. The number of ether oxygens (including phenoxy) is 2. The van der Waals surface area contributed by atoms with Crippen molar-refractivity contribution in [3.05, 3.63) is 12.2 Å². The Morgan fingerprint density at radius 2 is 2.11 bits per heavy atom. The maximum Gasteiger partial charge on any atom is 0.157 e. The molecule has 0 saturated carbocycles. The van der Waals surface area contributed by atoms with Gasteiger partial charge >= 0.3 is 0 Å². The van der Waals surface area contributed by atoms with Crippen molar-refractivity contribution >= 4 is 5.78 Å². The lowest BCUT2D eigenvalue weighted by Gasteiger charge is -2.22. The van der Waals surface area contributed by atoms with Crippen molar-refractivity contribution in [1.29, 1.82) is 0 Å². The number of hydrogen-bond donors (Lipinski definition) is 0. The molecule has 104 valence electrons. The third-order valence-electron chi connectivity index (χ3n) is 3.04. The fourth-order valence-electron chi connectivity index (χ4n) is 1.94. The van der Waals surface area contributed by atoms with E-state index in [2.05, 4.69) is 12.2 Å². The summed E-state index contributed by atoms with van der Waals surface area (Å²) in [6.45, 7) is 3.29. The molecule has 1 unspecified atom stereocenters. The average Bonchev–Trinajstić information content (AvgIpc) is 2.37. The van der Waals surface area contributed by atoms with E-state index >= 15 is 0 Å². The van der Waals surface area contributed by atoms with Crippen LogP contribution in [0.4, 0.5) is 0 Å². The quantitative estimate of drug-likeness (QED) is 0.465. The lowest BCUT2D eigenvalue weighted by molar-refractivity contribution is -0.162. The molecular weight excluding hydrogens is 228 g/mol. The van der Waals surface area contributed by atoms with Crippen LogP contribution in [0.15, 0.2) is 12.2 Å². The Bertz CT molecular complexity index is 242. The number of carbonyl (C=O) groups excluding carboxylic acids is 1. The molecule has 3 nitrogen and oxygen atoms in total. The molecule has 1 aliphatic rings. The zero-order valence-electron chi connectivity index (χ0n) is 11.5. The van der Waals surface area contributed by atoms with Gasteiger partial charge in [0, 0.05) is 19.6 Å². The van der Waals surface area contributed by atoms with Gasteiger partial charge in [-0.3, -0.25) is 0 Å². The third-order valence-corrected chi connectivity index (χ3v) is 3.04. The topological polar surface area (TPSA) is 35.5 Å². The Kier molecular flexibility index (Phi) is 8.78. The number of Topliss-reactive ketones (excluding diaryl/α,β-unsaturated/α-hetero) is 1. The minimum Gasteiger partial charge on any atom is -0.353 e. The normalized spacial score (nSPS) is 20.4. The van der Waals surface area contributed by atoms with E-state index in [1.54, 1.807) is 6.92 Å². The van der Waals surface area contributed by atoms with E-state index in [1.807, 2.05) is 0 Å². The average molecular weight is 254 g/mol. The molecule has 0 aromatic heterocycles. The number of unbranched alkanes of at least 4 members (excludes halogenated alkanes) is 2. The SMILES string of the molecule is CC(=O)CCC=CCCCCOC1CCCCO1. The van der Waals surface area contributed by atoms with Crippen molar-refractivity contribution in [2.45, 2.75) is 64.6 Å². The molecule has 1 atom stereocenters. The van der Waals surface area contributed by atoms with Crippen LogP contribution in [0.2, 0.25) is 0 Å². The molecule has 1 rings (SSSR count). The molecule has 0 aromatic carbocycles. The summed E-state index contributed by atoms with van der Waals surface area (Å²) in [7, 11) is 0. The van der Waals surface area contributed by atoms with E-state index in [0.29, 0.717) is 6.42 Å². The first-order valence-electron chi connectivity index (χ1n) is 7.16. The summed E-state index contributed by atoms with van der Waals surface area (Å²) in [5.41, 5.74) is 0. The first kappa shape index (κ1) is 15.4. The van der Waals surface area contributed by atoms with Gasteiger partial charge in [0.2, 0.25) is 0 Å². The number of carbonyl (C=O) groups is 1. The van der Waals surface area contributed by atoms with Gasteiger partial charge in [0.05, 0.1) is 0 Å². The smallest absolute Gasteiger partial charge is 0.157 e. The summed E-state index contributed by atoms with van der Waals surface area (Å²) in [6.07, 6.45) is 12.6. The molecule has 0 N–H and O–H groups in total. The van der Waals surface area contributed by atoms with Crippen LogP contribution in [0.25, 0.3) is 0 Å². The highest BCUT2D eigenvalue weighted by Gasteiger charge is 2.12. The van der Waals surface area contributed by atoms with Gasteiger partial charge in [0.15, 0.2) is 6.29 Å². The van der Waals surface area contributed by atoms with Crippen LogP contribution in [0.1, 0.15) is 58.3 Å². The second kappa shape index (κ2) is 10.3. The summed E-state index contributed by atoms with van der Waals surface area (Å²) >= 11 is 0. The Morgan fingerprint density at radius 1 is 1.28 bits per heavy atom. The van der Waals surface area contributed by atoms with Gasteiger partial charge in [-0.1, -0.05) is 12.2 Å². The van der Waals surface area contributed by atoms with Crippen LogP contribution < -0.4 is 0 Å². The second-order valence-electron chi connectivity index (χ2n) is 4.87. The maximum absolute atomic E-state index is 10.7. The van der Waals surface area contributed by atoms with Gasteiger partial charge in [-0.2, -0.15) is 0 Å². The molecule has 0 aliphatic carbocycles. The van der Waals surface area contributed by atoms with E-state index < -0.39 is 0 Å². The third kappa shape index (κ3) is 8.43. The summed E-state index contributed by atoms with van der Waals surface area (Å²) < 4.78 is 11.1. The van der Waals surface area contributed by atoms with Crippen molar-refractivity contribution in [3.8, 4) is 0 Å². The first-order chi connectivity index (χ1) is 8.79. The number of allylic oxidation sites excluding steroid dienone is 2. The lowest BCUT2D eigenvalue weighted by atomic mass is 10.2. The highest BCUT2D eigenvalue weighted by Crippen LogP contribution is 2.14. The van der Waals surface area contributed by atoms with E-state index in [4.69, 9.17) is 9.47 Å². The molecule has 0 bridgehead atoms. The van der Waals surface area contributed by atoms with Crippen molar-refractivity contribution in [2.24, 2.45) is 0 Å². The minimum absolute atomic E-state index is 0.0462. The fourth-order valence-corrected chi connectivity index (χ4v) is 1.94. The zero-order valence-corrected chi connectivity index (χ0v) is 11.5. The van der Waals surface area contributed by atoms with Crippen LogP contribution in [-0.2, 0) is 14.3 Å². The second-order valence-corrected chi connectivity index (χ2v) is 4.87. The van der Waals surface area contributed by atoms with Crippen molar-refractivity contribution in [2.75, 3.05) is 13.2 Å². The number of hydrogen-bond acceptors (Lipinski definition) is 3. The Labute approximate surface area is 111 Å². The van der Waals surface area contributed by atoms with Gasteiger partial charge < -0.3 is 14.3 Å². The van der Waals surface area contributed by atoms with Crippen LogP contribution in [0, 0.1) is 0 Å². The lowest BCUT2D eigenvalue weighted by Crippen LogP contribution is -2.22. The Balaban J connectivity index is 1.84. The van der Waals surface area contributed by atoms with Crippen molar-refractivity contribution in [3.63, 3.8) is 0 Å². The molecule has 0 radical (unpaired) electrons. The molecule has 0 aromatic rings. The van der Waals surface area contributed by atoms with Crippen molar-refractivity contribution < 1.29 is 14.3 Å². The van der Waals surface area contributed by atoms with Crippen LogP contribution in [-0.4, -0.2) is 25.3 Å². The molecule has 0 amide bonds. The molecular formula is C15H26O3. The monoisotopic (exact) mass is 254 g/mol. The standard InChI is InChI=1S/C15H26O3/c1-14(16)10-6-4-2-3-5-8-12-17-15-11-7-9-13-18-15/h2,4,15H,3,5-13H2,1H3. The summed E-state index contributed by atoms with van der Waals surface area (Å²) in [5.74, 6) is 0.264. The highest BCUT2D eigenvalue weighted by molar-refractivity contribution is 5.75. The maximum atomic E-state index is 10.7.